The Bertz CT molecular complexity index is 437. The highest BCUT2D eigenvalue weighted by atomic mass is 32.1. The minimum atomic E-state index is 1.01. The zero-order chi connectivity index (χ0) is 12.6. The summed E-state index contributed by atoms with van der Waals surface area (Å²) in [6.45, 7) is 2.12. The van der Waals surface area contributed by atoms with E-state index in [0.29, 0.717) is 0 Å². The van der Waals surface area contributed by atoms with Gasteiger partial charge in [0.15, 0.2) is 5.13 Å². The summed E-state index contributed by atoms with van der Waals surface area (Å²) >= 11 is 3.40. The standard InChI is InChI=1S/C13H19N3S2/c1-14-6-3-2-4-7-15-13-16-12(10-18-13)11-5-8-17-9-11/h5,8-10,14H,2-4,6-7H2,1H3,(H,15,16). The average Bonchev–Trinajstić information content (AvgIpc) is 3.03. The van der Waals surface area contributed by atoms with Gasteiger partial charge in [0, 0.05) is 22.9 Å². The number of nitrogens with zero attached hydrogens (tertiary/aromatic N) is 1. The van der Waals surface area contributed by atoms with Crippen LogP contribution in [0.5, 0.6) is 0 Å². The highest BCUT2D eigenvalue weighted by Crippen LogP contribution is 2.26. The maximum atomic E-state index is 4.59. The molecule has 2 aromatic rings. The molecule has 0 aliphatic carbocycles. The van der Waals surface area contributed by atoms with Crippen molar-refractivity contribution in [2.24, 2.45) is 0 Å². The van der Waals surface area contributed by atoms with Crippen molar-refractivity contribution in [1.82, 2.24) is 10.3 Å². The quantitative estimate of drug-likeness (QED) is 0.725. The number of aromatic nitrogens is 1. The molecule has 2 N–H and O–H groups in total. The second-order valence-electron chi connectivity index (χ2n) is 4.14. The van der Waals surface area contributed by atoms with Gasteiger partial charge in [0.1, 0.15) is 0 Å². The summed E-state index contributed by atoms with van der Waals surface area (Å²) in [6, 6.07) is 2.11. The number of hydrogen-bond donors (Lipinski definition) is 2. The molecule has 0 radical (unpaired) electrons. The molecule has 0 unspecified atom stereocenters. The minimum absolute atomic E-state index is 1.01. The molecule has 0 spiro atoms. The lowest BCUT2D eigenvalue weighted by molar-refractivity contribution is 0.655. The van der Waals surface area contributed by atoms with Crippen molar-refractivity contribution in [1.29, 1.82) is 0 Å². The van der Waals surface area contributed by atoms with E-state index in [-0.39, 0.29) is 0 Å². The fourth-order valence-corrected chi connectivity index (χ4v) is 3.09. The minimum Gasteiger partial charge on any atom is -0.362 e. The summed E-state index contributed by atoms with van der Waals surface area (Å²) in [5.74, 6) is 0. The van der Waals surface area contributed by atoms with Crippen LogP contribution in [0.1, 0.15) is 19.3 Å². The lowest BCUT2D eigenvalue weighted by atomic mass is 10.2. The molecular formula is C13H19N3S2. The van der Waals surface area contributed by atoms with E-state index < -0.39 is 0 Å². The van der Waals surface area contributed by atoms with Gasteiger partial charge in [-0.15, -0.1) is 11.3 Å². The predicted octanol–water partition coefficient (Wildman–Crippen LogP) is 3.67. The van der Waals surface area contributed by atoms with Crippen LogP contribution in [0.3, 0.4) is 0 Å². The third-order valence-corrected chi connectivity index (χ3v) is 4.18. The Morgan fingerprint density at radius 3 is 2.83 bits per heavy atom. The van der Waals surface area contributed by atoms with Crippen LogP contribution in [0, 0.1) is 0 Å². The molecule has 0 aliphatic rings. The SMILES string of the molecule is CNCCCCCNc1nc(-c2ccsc2)cs1. The van der Waals surface area contributed by atoms with Gasteiger partial charge in [0.05, 0.1) is 5.69 Å². The normalized spacial score (nSPS) is 10.7. The number of rotatable bonds is 8. The van der Waals surface area contributed by atoms with Crippen molar-refractivity contribution in [3.05, 3.63) is 22.2 Å². The van der Waals surface area contributed by atoms with Crippen LogP contribution in [-0.4, -0.2) is 25.1 Å². The fourth-order valence-electron chi connectivity index (χ4n) is 1.70. The molecule has 0 fully saturated rings. The molecule has 98 valence electrons. The first-order valence-electron chi connectivity index (χ1n) is 6.26. The van der Waals surface area contributed by atoms with Gasteiger partial charge < -0.3 is 10.6 Å². The first kappa shape index (κ1) is 13.5. The van der Waals surface area contributed by atoms with E-state index in [1.165, 1.54) is 24.8 Å². The zero-order valence-corrected chi connectivity index (χ0v) is 12.2. The van der Waals surface area contributed by atoms with E-state index in [1.807, 2.05) is 7.05 Å². The van der Waals surface area contributed by atoms with Crippen LogP contribution in [0.25, 0.3) is 11.3 Å². The van der Waals surface area contributed by atoms with Crippen molar-refractivity contribution in [3.8, 4) is 11.3 Å². The predicted molar refractivity (Wildman–Crippen MR) is 81.7 cm³/mol. The lowest BCUT2D eigenvalue weighted by Gasteiger charge is -2.02. The molecule has 0 bridgehead atoms. The van der Waals surface area contributed by atoms with Gasteiger partial charge in [0.25, 0.3) is 0 Å². The average molecular weight is 281 g/mol. The van der Waals surface area contributed by atoms with Crippen LogP contribution in [-0.2, 0) is 0 Å². The lowest BCUT2D eigenvalue weighted by Crippen LogP contribution is -2.08. The first-order chi connectivity index (χ1) is 8.90. The Labute approximate surface area is 116 Å². The van der Waals surface area contributed by atoms with Gasteiger partial charge >= 0.3 is 0 Å². The highest BCUT2D eigenvalue weighted by Gasteiger charge is 2.03. The van der Waals surface area contributed by atoms with E-state index in [1.54, 1.807) is 22.7 Å². The van der Waals surface area contributed by atoms with Crippen molar-refractivity contribution in [2.45, 2.75) is 19.3 Å². The summed E-state index contributed by atoms with van der Waals surface area (Å²) in [4.78, 5) is 4.59. The molecule has 2 aromatic heterocycles. The van der Waals surface area contributed by atoms with Crippen molar-refractivity contribution < 1.29 is 0 Å². The van der Waals surface area contributed by atoms with Crippen LogP contribution in [0.4, 0.5) is 5.13 Å². The van der Waals surface area contributed by atoms with E-state index >= 15 is 0 Å². The maximum absolute atomic E-state index is 4.59. The van der Waals surface area contributed by atoms with Gasteiger partial charge in [-0.05, 0) is 37.9 Å². The molecule has 2 rings (SSSR count). The molecule has 0 aromatic carbocycles. The number of thiazole rings is 1. The topological polar surface area (TPSA) is 37.0 Å². The Morgan fingerprint density at radius 1 is 1.17 bits per heavy atom. The molecular weight excluding hydrogens is 262 g/mol. The van der Waals surface area contributed by atoms with E-state index in [4.69, 9.17) is 0 Å². The Hall–Kier alpha value is -0.910. The molecule has 5 heteroatoms. The van der Waals surface area contributed by atoms with Crippen molar-refractivity contribution >= 4 is 27.8 Å². The highest BCUT2D eigenvalue weighted by molar-refractivity contribution is 7.14. The number of anilines is 1. The van der Waals surface area contributed by atoms with Gasteiger partial charge in [-0.25, -0.2) is 4.98 Å². The second-order valence-corrected chi connectivity index (χ2v) is 5.78. The molecule has 0 atom stereocenters. The third-order valence-electron chi connectivity index (χ3n) is 2.70. The number of unbranched alkanes of at least 4 members (excludes halogenated alkanes) is 2. The maximum Gasteiger partial charge on any atom is 0.183 e. The Morgan fingerprint density at radius 2 is 2.06 bits per heavy atom. The number of hydrogen-bond acceptors (Lipinski definition) is 5. The Kier molecular flexibility index (Phi) is 5.64. The molecule has 0 amide bonds. The summed E-state index contributed by atoms with van der Waals surface area (Å²) in [5.41, 5.74) is 2.30. The molecule has 0 aliphatic heterocycles. The van der Waals surface area contributed by atoms with Gasteiger partial charge in [0.2, 0.25) is 0 Å². The van der Waals surface area contributed by atoms with E-state index in [9.17, 15) is 0 Å². The molecule has 0 saturated carbocycles. The van der Waals surface area contributed by atoms with Crippen LogP contribution >= 0.6 is 22.7 Å². The molecule has 2 heterocycles. The Balaban J connectivity index is 1.71. The summed E-state index contributed by atoms with van der Waals surface area (Å²) in [7, 11) is 2.00. The summed E-state index contributed by atoms with van der Waals surface area (Å²) in [5, 5.41) is 13.9. The van der Waals surface area contributed by atoms with E-state index in [2.05, 4.69) is 37.8 Å². The number of nitrogens with one attached hydrogen (secondary N) is 2. The van der Waals surface area contributed by atoms with Crippen LogP contribution in [0.15, 0.2) is 22.2 Å². The van der Waals surface area contributed by atoms with E-state index in [0.717, 1.165) is 23.9 Å². The first-order valence-corrected chi connectivity index (χ1v) is 8.09. The molecule has 0 saturated heterocycles. The van der Waals surface area contributed by atoms with Gasteiger partial charge in [-0.1, -0.05) is 6.42 Å². The second kappa shape index (κ2) is 7.51. The van der Waals surface area contributed by atoms with Crippen LogP contribution < -0.4 is 10.6 Å². The van der Waals surface area contributed by atoms with Gasteiger partial charge in [-0.3, -0.25) is 0 Å². The summed E-state index contributed by atoms with van der Waals surface area (Å²) < 4.78 is 0. The summed E-state index contributed by atoms with van der Waals surface area (Å²) in [6.07, 6.45) is 3.71. The molecule has 3 nitrogen and oxygen atoms in total. The number of thiophene rings is 1. The van der Waals surface area contributed by atoms with Crippen LogP contribution in [0.2, 0.25) is 0 Å². The van der Waals surface area contributed by atoms with Gasteiger partial charge in [-0.2, -0.15) is 11.3 Å². The fraction of sp³-hybridized carbons (Fsp3) is 0.462. The monoisotopic (exact) mass is 281 g/mol. The van der Waals surface area contributed by atoms with Crippen molar-refractivity contribution in [2.75, 3.05) is 25.5 Å². The third kappa shape index (κ3) is 4.08. The molecule has 18 heavy (non-hydrogen) atoms. The van der Waals surface area contributed by atoms with Crippen molar-refractivity contribution in [3.63, 3.8) is 0 Å². The smallest absolute Gasteiger partial charge is 0.183 e. The largest absolute Gasteiger partial charge is 0.362 e. The zero-order valence-electron chi connectivity index (χ0n) is 10.6.